The zero-order valence-corrected chi connectivity index (χ0v) is 15.4. The van der Waals surface area contributed by atoms with Crippen LogP contribution in [0, 0.1) is 0 Å². The molecule has 3 aromatic carbocycles. The molecular weight excluding hydrogens is 366 g/mol. The van der Waals surface area contributed by atoms with Crippen molar-refractivity contribution in [1.29, 1.82) is 0 Å². The maximum atomic E-state index is 10.6. The van der Waals surface area contributed by atoms with Crippen molar-refractivity contribution in [2.24, 2.45) is 20.0 Å². The van der Waals surface area contributed by atoms with Gasteiger partial charge in [-0.25, -0.2) is 9.59 Å². The summed E-state index contributed by atoms with van der Waals surface area (Å²) in [5, 5.41) is 5.98. The number of hydrogen-bond acceptors (Lipinski definition) is 3. The standard InChI is InChI=1S/C8H9N.2C7H4N2O/c1-2-4-8-6-9-5-7(8)3-1;2*10-7-8-5-3-1-2-4-6(5)9-7/h1-4,9H,5-6H2;2*1-4H. The highest BCUT2D eigenvalue weighted by Crippen LogP contribution is 2.12. The number of urea groups is 2. The van der Waals surface area contributed by atoms with E-state index in [0.717, 1.165) is 13.1 Å². The third-order valence-corrected chi connectivity index (χ3v) is 4.38. The van der Waals surface area contributed by atoms with Gasteiger partial charge in [0.1, 0.15) is 0 Å². The first-order valence-electron chi connectivity index (χ1n) is 9.09. The van der Waals surface area contributed by atoms with Crippen LogP contribution in [0.5, 0.6) is 0 Å². The summed E-state index contributed by atoms with van der Waals surface area (Å²) in [4.78, 5) is 35.7. The van der Waals surface area contributed by atoms with Gasteiger partial charge in [-0.3, -0.25) is 0 Å². The summed E-state index contributed by atoms with van der Waals surface area (Å²) >= 11 is 0. The average Bonchev–Trinajstić information content (AvgIpc) is 3.44. The zero-order chi connectivity index (χ0) is 20.1. The number of carbonyl (C=O) groups is 2. The number of fused-ring (bicyclic) bond motifs is 3. The number of para-hydroxylation sites is 4. The second-order valence-electron chi connectivity index (χ2n) is 6.36. The van der Waals surface area contributed by atoms with Crippen molar-refractivity contribution in [3.05, 3.63) is 105 Å². The topological polar surface area (TPSA) is 95.6 Å². The molecular formula is C22H17N5O2. The molecule has 0 radical (unpaired) electrons. The van der Waals surface area contributed by atoms with E-state index in [-0.39, 0.29) is 0 Å². The van der Waals surface area contributed by atoms with E-state index < -0.39 is 12.1 Å². The first kappa shape index (κ1) is 18.5. The molecule has 0 aromatic heterocycles. The van der Waals surface area contributed by atoms with E-state index >= 15 is 0 Å². The maximum Gasteiger partial charge on any atom is 0.368 e. The van der Waals surface area contributed by atoms with Gasteiger partial charge in [0.15, 0.2) is 0 Å². The Morgan fingerprint density at radius 3 is 1.17 bits per heavy atom. The van der Waals surface area contributed by atoms with Gasteiger partial charge >= 0.3 is 12.1 Å². The summed E-state index contributed by atoms with van der Waals surface area (Å²) in [6, 6.07) is 22.1. The lowest BCUT2D eigenvalue weighted by Crippen LogP contribution is -2.19. The van der Waals surface area contributed by atoms with Crippen LogP contribution in [0.25, 0.3) is 0 Å². The average molecular weight is 383 g/mol. The third kappa shape index (κ3) is 4.53. The molecule has 6 rings (SSSR count). The molecule has 3 aromatic rings. The molecule has 0 atom stereocenters. The molecule has 3 heterocycles. The summed E-state index contributed by atoms with van der Waals surface area (Å²) < 4.78 is 0. The molecule has 0 saturated heterocycles. The van der Waals surface area contributed by atoms with E-state index in [0.29, 0.717) is 21.4 Å². The number of nitrogens with one attached hydrogen (secondary N) is 1. The lowest BCUT2D eigenvalue weighted by atomic mass is 10.1. The van der Waals surface area contributed by atoms with Crippen LogP contribution in [0.1, 0.15) is 11.1 Å². The van der Waals surface area contributed by atoms with Crippen molar-refractivity contribution in [2.45, 2.75) is 13.1 Å². The second-order valence-corrected chi connectivity index (χ2v) is 6.36. The number of carbonyl (C=O) groups excluding carboxylic acids is 2. The molecule has 7 heteroatoms. The quantitative estimate of drug-likeness (QED) is 0.636. The van der Waals surface area contributed by atoms with Crippen molar-refractivity contribution in [3.8, 4) is 0 Å². The smallest absolute Gasteiger partial charge is 0.309 e. The van der Waals surface area contributed by atoms with Crippen LogP contribution in [0.3, 0.4) is 0 Å². The molecule has 142 valence electrons. The van der Waals surface area contributed by atoms with E-state index in [1.165, 1.54) is 11.1 Å². The first-order chi connectivity index (χ1) is 14.2. The summed E-state index contributed by atoms with van der Waals surface area (Å²) in [6.07, 6.45) is 0. The lowest BCUT2D eigenvalue weighted by Gasteiger charge is -1.91. The Morgan fingerprint density at radius 1 is 0.517 bits per heavy atom. The Morgan fingerprint density at radius 2 is 0.828 bits per heavy atom. The molecule has 0 bridgehead atoms. The van der Waals surface area contributed by atoms with Crippen LogP contribution in [0.4, 0.5) is 9.59 Å². The first-order valence-corrected chi connectivity index (χ1v) is 9.09. The van der Waals surface area contributed by atoms with Crippen LogP contribution >= 0.6 is 0 Å². The van der Waals surface area contributed by atoms with Crippen molar-refractivity contribution in [3.63, 3.8) is 0 Å². The fourth-order valence-corrected chi connectivity index (χ4v) is 3.00. The molecule has 7 nitrogen and oxygen atoms in total. The van der Waals surface area contributed by atoms with Crippen LogP contribution in [-0.4, -0.2) is 12.1 Å². The van der Waals surface area contributed by atoms with Gasteiger partial charge in [-0.15, -0.1) is 0 Å². The minimum atomic E-state index is -0.402. The SMILES string of the molecule is O=C1N=c2ccccc2=N1.O=C1N=c2ccccc2=N1.c1ccc2c(c1)CNC2. The minimum Gasteiger partial charge on any atom is -0.309 e. The summed E-state index contributed by atoms with van der Waals surface area (Å²) in [7, 11) is 0. The molecule has 3 aliphatic rings. The van der Waals surface area contributed by atoms with E-state index in [4.69, 9.17) is 0 Å². The molecule has 0 fully saturated rings. The molecule has 4 amide bonds. The van der Waals surface area contributed by atoms with Crippen LogP contribution in [-0.2, 0) is 13.1 Å². The Hall–Kier alpha value is -3.84. The normalized spacial score (nSPS) is 14.3. The van der Waals surface area contributed by atoms with E-state index in [9.17, 15) is 9.59 Å². The van der Waals surface area contributed by atoms with Crippen molar-refractivity contribution in [2.75, 3.05) is 0 Å². The predicted octanol–water partition coefficient (Wildman–Crippen LogP) is 1.41. The maximum absolute atomic E-state index is 10.6. The van der Waals surface area contributed by atoms with E-state index in [2.05, 4.69) is 49.6 Å². The van der Waals surface area contributed by atoms with Gasteiger partial charge in [0, 0.05) is 13.1 Å². The molecule has 0 saturated carbocycles. The van der Waals surface area contributed by atoms with Gasteiger partial charge in [0.25, 0.3) is 0 Å². The Labute approximate surface area is 165 Å². The fourth-order valence-electron chi connectivity index (χ4n) is 3.00. The molecule has 29 heavy (non-hydrogen) atoms. The lowest BCUT2D eigenvalue weighted by molar-refractivity contribution is 0.256. The third-order valence-electron chi connectivity index (χ3n) is 4.38. The van der Waals surface area contributed by atoms with Gasteiger partial charge in [-0.05, 0) is 35.4 Å². The number of nitrogens with zero attached hydrogens (tertiary/aromatic N) is 4. The van der Waals surface area contributed by atoms with Gasteiger partial charge in [0.05, 0.1) is 21.4 Å². The molecule has 0 spiro atoms. The number of amides is 4. The molecule has 3 aliphatic heterocycles. The predicted molar refractivity (Wildman–Crippen MR) is 105 cm³/mol. The minimum absolute atomic E-state index is 0.402. The van der Waals surface area contributed by atoms with Crippen LogP contribution in [0.15, 0.2) is 92.8 Å². The van der Waals surface area contributed by atoms with Gasteiger partial charge in [-0.1, -0.05) is 48.5 Å². The van der Waals surface area contributed by atoms with Crippen LogP contribution < -0.4 is 26.7 Å². The number of rotatable bonds is 0. The summed E-state index contributed by atoms with van der Waals surface area (Å²) in [5.41, 5.74) is 2.91. The Kier molecular flexibility index (Phi) is 5.40. The Bertz CT molecular complexity index is 1160. The van der Waals surface area contributed by atoms with E-state index in [1.54, 1.807) is 24.3 Å². The van der Waals surface area contributed by atoms with Crippen molar-refractivity contribution >= 4 is 12.1 Å². The monoisotopic (exact) mass is 383 g/mol. The number of benzene rings is 3. The fraction of sp³-hybridized carbons (Fsp3) is 0.0909. The highest BCUT2D eigenvalue weighted by atomic mass is 16.2. The van der Waals surface area contributed by atoms with E-state index in [1.807, 2.05) is 24.3 Å². The van der Waals surface area contributed by atoms with Gasteiger partial charge in [-0.2, -0.15) is 20.0 Å². The highest BCUT2D eigenvalue weighted by Gasteiger charge is 2.06. The largest absolute Gasteiger partial charge is 0.368 e. The summed E-state index contributed by atoms with van der Waals surface area (Å²) in [6.45, 7) is 2.10. The van der Waals surface area contributed by atoms with Gasteiger partial charge < -0.3 is 5.32 Å². The molecule has 0 aliphatic carbocycles. The van der Waals surface area contributed by atoms with Crippen molar-refractivity contribution in [1.82, 2.24) is 5.32 Å². The summed E-state index contributed by atoms with van der Waals surface area (Å²) in [5.74, 6) is 0. The zero-order valence-electron chi connectivity index (χ0n) is 15.4. The van der Waals surface area contributed by atoms with Crippen LogP contribution in [0.2, 0.25) is 0 Å². The molecule has 1 N–H and O–H groups in total. The Balaban J connectivity index is 0.000000106. The number of hydrogen-bond donors (Lipinski definition) is 1. The highest BCUT2D eigenvalue weighted by molar-refractivity contribution is 5.77. The second kappa shape index (κ2) is 8.45. The van der Waals surface area contributed by atoms with Gasteiger partial charge in [0.2, 0.25) is 0 Å². The van der Waals surface area contributed by atoms with Crippen molar-refractivity contribution < 1.29 is 9.59 Å². The molecule has 0 unspecified atom stereocenters.